The zero-order valence-electron chi connectivity index (χ0n) is 13.1. The number of nitrogens with two attached hydrogens (primary N) is 1. The van der Waals surface area contributed by atoms with Crippen molar-refractivity contribution in [2.24, 2.45) is 5.73 Å². The predicted molar refractivity (Wildman–Crippen MR) is 90.5 cm³/mol. The summed E-state index contributed by atoms with van der Waals surface area (Å²) in [4.78, 5) is 0. The Morgan fingerprint density at radius 3 is 2.45 bits per heavy atom. The van der Waals surface area contributed by atoms with E-state index in [1.54, 1.807) is 0 Å². The average molecular weight is 275 g/mol. The van der Waals surface area contributed by atoms with Gasteiger partial charge in [0.1, 0.15) is 0 Å². The van der Waals surface area contributed by atoms with Gasteiger partial charge in [0.2, 0.25) is 0 Å². The Morgan fingerprint density at radius 1 is 1.25 bits per heavy atom. The molecule has 0 rings (SSSR count). The lowest BCUT2D eigenvalue weighted by Gasteiger charge is -2.17. The molecule has 0 amide bonds. The van der Waals surface area contributed by atoms with E-state index >= 15 is 0 Å². The van der Waals surface area contributed by atoms with Gasteiger partial charge in [0, 0.05) is 24.8 Å². The fraction of sp³-hybridized carbons (Fsp3) is 0.412. The summed E-state index contributed by atoms with van der Waals surface area (Å²) in [5, 5.41) is 6.33. The van der Waals surface area contributed by atoms with Gasteiger partial charge >= 0.3 is 0 Å². The van der Waals surface area contributed by atoms with Crippen LogP contribution in [-0.2, 0) is 0 Å². The normalized spacial score (nSPS) is 13.8. The minimum absolute atomic E-state index is 0.0979. The van der Waals surface area contributed by atoms with Crippen molar-refractivity contribution in [1.29, 1.82) is 0 Å². The topological polar surface area (TPSA) is 50.1 Å². The molecule has 20 heavy (non-hydrogen) atoms. The smallest absolute Gasteiger partial charge is 0.0473 e. The zero-order chi connectivity index (χ0) is 15.5. The number of hydrogen-bond acceptors (Lipinski definition) is 3. The van der Waals surface area contributed by atoms with Crippen molar-refractivity contribution in [1.82, 2.24) is 10.6 Å². The Morgan fingerprint density at radius 2 is 1.90 bits per heavy atom. The largest absolute Gasteiger partial charge is 0.383 e. The maximum atomic E-state index is 6.07. The molecule has 3 heteroatoms. The van der Waals surface area contributed by atoms with Crippen molar-refractivity contribution in [3.63, 3.8) is 0 Å². The summed E-state index contributed by atoms with van der Waals surface area (Å²) >= 11 is 0. The van der Waals surface area contributed by atoms with Crippen LogP contribution in [0.1, 0.15) is 20.3 Å². The summed E-state index contributed by atoms with van der Waals surface area (Å²) in [5.74, 6) is 0. The highest BCUT2D eigenvalue weighted by Gasteiger charge is 2.06. The molecule has 0 aliphatic heterocycles. The number of likely N-dealkylation sites (N-methyl/N-ethyl adjacent to an activating group) is 1. The number of nitrogens with one attached hydrogen (secondary N) is 2. The lowest BCUT2D eigenvalue weighted by Crippen LogP contribution is -2.31. The van der Waals surface area contributed by atoms with Gasteiger partial charge in [0.05, 0.1) is 0 Å². The summed E-state index contributed by atoms with van der Waals surface area (Å²) in [5.41, 5.74) is 10.3. The molecule has 0 aliphatic carbocycles. The molecule has 0 aromatic heterocycles. The third-order valence-electron chi connectivity index (χ3n) is 3.16. The maximum Gasteiger partial charge on any atom is 0.0473 e. The van der Waals surface area contributed by atoms with Gasteiger partial charge in [-0.3, -0.25) is 0 Å². The molecule has 112 valence electrons. The predicted octanol–water partition coefficient (Wildman–Crippen LogP) is 2.66. The number of hydrogen-bond donors (Lipinski definition) is 3. The van der Waals surface area contributed by atoms with Crippen molar-refractivity contribution >= 4 is 0 Å². The SMILES string of the molecule is C=C/C(C)=C/CC(N)C(=C)NCC(=C)/C(C)=C\CNC. The number of allylic oxidation sites excluding steroid dienone is 2. The van der Waals surface area contributed by atoms with E-state index in [2.05, 4.69) is 49.4 Å². The first kappa shape index (κ1) is 18.4. The van der Waals surface area contributed by atoms with Crippen molar-refractivity contribution in [2.45, 2.75) is 26.3 Å². The minimum Gasteiger partial charge on any atom is -0.383 e. The minimum atomic E-state index is -0.0979. The molecule has 4 N–H and O–H groups in total. The van der Waals surface area contributed by atoms with Crippen LogP contribution in [0.2, 0.25) is 0 Å². The van der Waals surface area contributed by atoms with Crippen LogP contribution >= 0.6 is 0 Å². The molecule has 0 heterocycles. The van der Waals surface area contributed by atoms with Crippen LogP contribution in [0.3, 0.4) is 0 Å². The van der Waals surface area contributed by atoms with Gasteiger partial charge in [-0.15, -0.1) is 0 Å². The highest BCUT2D eigenvalue weighted by Crippen LogP contribution is 2.07. The second-order valence-corrected chi connectivity index (χ2v) is 4.92. The molecule has 1 unspecified atom stereocenters. The zero-order valence-corrected chi connectivity index (χ0v) is 13.1. The van der Waals surface area contributed by atoms with Gasteiger partial charge in [-0.25, -0.2) is 0 Å². The van der Waals surface area contributed by atoms with Crippen molar-refractivity contribution in [3.05, 3.63) is 60.4 Å². The van der Waals surface area contributed by atoms with Crippen LogP contribution in [0.15, 0.2) is 60.4 Å². The standard InChI is InChI=1S/C17H29N3/c1-7-13(2)8-9-17(18)16(5)20-12-15(4)14(3)10-11-19-6/h7-8,10,17,19-20H,1,4-5,9,11-12,18H2,2-3,6H3/b13-8+,14-10-. The van der Waals surface area contributed by atoms with Crippen LogP contribution < -0.4 is 16.4 Å². The molecular weight excluding hydrogens is 246 g/mol. The van der Waals surface area contributed by atoms with E-state index in [1.165, 1.54) is 5.57 Å². The van der Waals surface area contributed by atoms with E-state index in [0.29, 0.717) is 6.54 Å². The molecular formula is C17H29N3. The van der Waals surface area contributed by atoms with E-state index < -0.39 is 0 Å². The Hall–Kier alpha value is -1.58. The van der Waals surface area contributed by atoms with Crippen molar-refractivity contribution < 1.29 is 0 Å². The summed E-state index contributed by atoms with van der Waals surface area (Å²) in [6, 6.07) is -0.0979. The molecule has 0 spiro atoms. The average Bonchev–Trinajstić information content (AvgIpc) is 2.46. The third kappa shape index (κ3) is 7.77. The van der Waals surface area contributed by atoms with E-state index in [0.717, 1.165) is 29.8 Å². The van der Waals surface area contributed by atoms with Crippen molar-refractivity contribution in [2.75, 3.05) is 20.1 Å². The summed E-state index contributed by atoms with van der Waals surface area (Å²) < 4.78 is 0. The van der Waals surface area contributed by atoms with Crippen molar-refractivity contribution in [3.8, 4) is 0 Å². The fourth-order valence-corrected chi connectivity index (χ4v) is 1.43. The van der Waals surface area contributed by atoms with Crippen LogP contribution in [0.25, 0.3) is 0 Å². The van der Waals surface area contributed by atoms with Gasteiger partial charge < -0.3 is 16.4 Å². The van der Waals surface area contributed by atoms with E-state index in [1.807, 2.05) is 20.0 Å². The molecule has 0 aromatic carbocycles. The van der Waals surface area contributed by atoms with Gasteiger partial charge in [0.25, 0.3) is 0 Å². The van der Waals surface area contributed by atoms with Gasteiger partial charge in [-0.2, -0.15) is 0 Å². The highest BCUT2D eigenvalue weighted by atomic mass is 14.9. The second kappa shape index (κ2) is 10.2. The molecule has 3 nitrogen and oxygen atoms in total. The fourth-order valence-electron chi connectivity index (χ4n) is 1.43. The number of rotatable bonds is 10. The highest BCUT2D eigenvalue weighted by molar-refractivity contribution is 5.28. The Kier molecular flexibility index (Phi) is 9.43. The van der Waals surface area contributed by atoms with Crippen LogP contribution in [0, 0.1) is 0 Å². The molecule has 0 radical (unpaired) electrons. The van der Waals surface area contributed by atoms with E-state index in [-0.39, 0.29) is 6.04 Å². The van der Waals surface area contributed by atoms with E-state index in [9.17, 15) is 0 Å². The first-order valence-electron chi connectivity index (χ1n) is 6.89. The molecule has 0 bridgehead atoms. The van der Waals surface area contributed by atoms with Gasteiger partial charge in [-0.05, 0) is 38.5 Å². The quantitative estimate of drug-likeness (QED) is 0.537. The van der Waals surface area contributed by atoms with Crippen LogP contribution in [-0.4, -0.2) is 26.2 Å². The van der Waals surface area contributed by atoms with Gasteiger partial charge in [-0.1, -0.05) is 43.5 Å². The molecule has 0 saturated carbocycles. The monoisotopic (exact) mass is 275 g/mol. The molecule has 0 saturated heterocycles. The third-order valence-corrected chi connectivity index (χ3v) is 3.16. The molecule has 0 fully saturated rings. The first-order valence-corrected chi connectivity index (χ1v) is 6.89. The second-order valence-electron chi connectivity index (χ2n) is 4.92. The first-order chi connectivity index (χ1) is 9.42. The Labute approximate surface area is 124 Å². The lowest BCUT2D eigenvalue weighted by atomic mass is 10.1. The van der Waals surface area contributed by atoms with Gasteiger partial charge in [0.15, 0.2) is 0 Å². The summed E-state index contributed by atoms with van der Waals surface area (Å²) in [7, 11) is 1.92. The Balaban J connectivity index is 4.21. The Bertz CT molecular complexity index is 402. The maximum absolute atomic E-state index is 6.07. The van der Waals surface area contributed by atoms with Crippen LogP contribution in [0.5, 0.6) is 0 Å². The lowest BCUT2D eigenvalue weighted by molar-refractivity contribution is 0.698. The molecule has 0 aliphatic rings. The summed E-state index contributed by atoms with van der Waals surface area (Å²) in [6.07, 6.45) is 6.76. The van der Waals surface area contributed by atoms with Crippen LogP contribution in [0.4, 0.5) is 0 Å². The molecule has 1 atom stereocenters. The summed E-state index contributed by atoms with van der Waals surface area (Å²) in [6.45, 7) is 17.3. The van der Waals surface area contributed by atoms with E-state index in [4.69, 9.17) is 5.73 Å². The molecule has 0 aromatic rings.